The zero-order chi connectivity index (χ0) is 21.9. The van der Waals surface area contributed by atoms with Crippen molar-refractivity contribution in [3.05, 3.63) is 47.7 Å². The molecule has 0 radical (unpaired) electrons. The van der Waals surface area contributed by atoms with Gasteiger partial charge in [-0.25, -0.2) is 4.98 Å². The van der Waals surface area contributed by atoms with E-state index in [4.69, 9.17) is 9.47 Å². The highest BCUT2D eigenvalue weighted by Crippen LogP contribution is 2.40. The Kier molecular flexibility index (Phi) is 6.42. The van der Waals surface area contributed by atoms with Crippen LogP contribution in [0, 0.1) is 5.92 Å². The molecule has 170 valence electrons. The third-order valence-electron chi connectivity index (χ3n) is 7.17. The SMILES string of the molecule is CCO[C@H]1CC[C@H](C(=O)N2Cc3cccnc3Nc3ccc(C4CCOCC4)cc32)CC1. The molecular weight excluding hydrogens is 402 g/mol. The van der Waals surface area contributed by atoms with Gasteiger partial charge in [0.2, 0.25) is 5.91 Å². The Balaban J connectivity index is 1.46. The molecule has 2 aliphatic heterocycles. The van der Waals surface area contributed by atoms with Gasteiger partial charge in [0.25, 0.3) is 0 Å². The zero-order valence-electron chi connectivity index (χ0n) is 18.9. The number of ether oxygens (including phenoxy) is 2. The summed E-state index contributed by atoms with van der Waals surface area (Å²) in [7, 11) is 0. The van der Waals surface area contributed by atoms with Crippen LogP contribution in [-0.4, -0.2) is 36.8 Å². The fourth-order valence-corrected chi connectivity index (χ4v) is 5.35. The number of benzene rings is 1. The summed E-state index contributed by atoms with van der Waals surface area (Å²) in [6, 6.07) is 10.6. The predicted molar refractivity (Wildman–Crippen MR) is 125 cm³/mol. The van der Waals surface area contributed by atoms with Crippen molar-refractivity contribution >= 4 is 23.1 Å². The number of fused-ring (bicyclic) bond motifs is 2. The van der Waals surface area contributed by atoms with Crippen LogP contribution in [0.2, 0.25) is 0 Å². The number of nitrogens with one attached hydrogen (secondary N) is 1. The summed E-state index contributed by atoms with van der Waals surface area (Å²) in [5.41, 5.74) is 4.27. The standard InChI is InChI=1S/C26H33N3O3/c1-2-32-22-8-5-19(6-9-22)26(30)29-17-21-4-3-13-27-25(21)28-23-10-7-20(16-24(23)29)18-11-14-31-15-12-18/h3-4,7,10,13,16,18-19,22H,2,5-6,8-9,11-12,14-15,17H2,1H3,(H,27,28)/t19-,22-. The van der Waals surface area contributed by atoms with Gasteiger partial charge in [0.15, 0.2) is 0 Å². The quantitative estimate of drug-likeness (QED) is 0.719. The van der Waals surface area contributed by atoms with Gasteiger partial charge >= 0.3 is 0 Å². The van der Waals surface area contributed by atoms with E-state index in [1.54, 1.807) is 6.20 Å². The van der Waals surface area contributed by atoms with Gasteiger partial charge in [0.1, 0.15) is 5.82 Å². The van der Waals surface area contributed by atoms with Gasteiger partial charge in [0.05, 0.1) is 24.0 Å². The Hall–Kier alpha value is -2.44. The summed E-state index contributed by atoms with van der Waals surface area (Å²) in [5.74, 6) is 1.59. The van der Waals surface area contributed by atoms with Gasteiger partial charge in [0, 0.05) is 37.5 Å². The lowest BCUT2D eigenvalue weighted by atomic mass is 9.86. The van der Waals surface area contributed by atoms with Crippen molar-refractivity contribution in [2.24, 2.45) is 5.92 Å². The third kappa shape index (κ3) is 4.39. The summed E-state index contributed by atoms with van der Waals surface area (Å²) in [6.45, 7) is 4.94. The molecule has 1 N–H and O–H groups in total. The molecule has 1 aromatic carbocycles. The van der Waals surface area contributed by atoms with E-state index in [0.29, 0.717) is 18.6 Å². The molecule has 1 aliphatic carbocycles. The molecule has 2 aromatic rings. The van der Waals surface area contributed by atoms with E-state index in [1.165, 1.54) is 5.56 Å². The first kappa shape index (κ1) is 21.4. The third-order valence-corrected chi connectivity index (χ3v) is 7.17. The van der Waals surface area contributed by atoms with E-state index >= 15 is 0 Å². The normalized spacial score (nSPS) is 23.6. The first-order chi connectivity index (χ1) is 15.7. The van der Waals surface area contributed by atoms with E-state index in [9.17, 15) is 4.79 Å². The first-order valence-electron chi connectivity index (χ1n) is 12.1. The van der Waals surface area contributed by atoms with Gasteiger partial charge in [-0.2, -0.15) is 0 Å². The summed E-state index contributed by atoms with van der Waals surface area (Å²) in [4.78, 5) is 20.4. The number of carbonyl (C=O) groups excluding carboxylic acids is 1. The molecule has 0 atom stereocenters. The van der Waals surface area contributed by atoms with Crippen LogP contribution < -0.4 is 10.2 Å². The number of nitrogens with zero attached hydrogens (tertiary/aromatic N) is 2. The van der Waals surface area contributed by atoms with Crippen LogP contribution in [0.4, 0.5) is 17.2 Å². The van der Waals surface area contributed by atoms with Gasteiger partial charge < -0.3 is 19.7 Å². The first-order valence-corrected chi connectivity index (χ1v) is 12.1. The van der Waals surface area contributed by atoms with E-state index < -0.39 is 0 Å². The lowest BCUT2D eigenvalue weighted by Gasteiger charge is -2.32. The number of hydrogen-bond donors (Lipinski definition) is 1. The van der Waals surface area contributed by atoms with Crippen molar-refractivity contribution in [1.82, 2.24) is 4.98 Å². The van der Waals surface area contributed by atoms with Crippen LogP contribution in [0.3, 0.4) is 0 Å². The fourth-order valence-electron chi connectivity index (χ4n) is 5.35. The number of anilines is 3. The van der Waals surface area contributed by atoms with Crippen molar-refractivity contribution in [2.45, 2.75) is 64.0 Å². The minimum atomic E-state index is 0.0458. The minimum Gasteiger partial charge on any atom is -0.381 e. The van der Waals surface area contributed by atoms with E-state index in [-0.39, 0.29) is 11.8 Å². The Labute approximate surface area is 190 Å². The molecule has 1 saturated carbocycles. The molecule has 3 aliphatic rings. The maximum absolute atomic E-state index is 13.8. The topological polar surface area (TPSA) is 63.7 Å². The molecule has 3 heterocycles. The fraction of sp³-hybridized carbons (Fsp3) is 0.538. The molecule has 1 amide bonds. The highest BCUT2D eigenvalue weighted by molar-refractivity contribution is 5.99. The smallest absolute Gasteiger partial charge is 0.230 e. The molecule has 0 spiro atoms. The van der Waals surface area contributed by atoms with Gasteiger partial charge in [-0.3, -0.25) is 4.79 Å². The molecule has 1 saturated heterocycles. The zero-order valence-corrected chi connectivity index (χ0v) is 18.9. The lowest BCUT2D eigenvalue weighted by Crippen LogP contribution is -2.38. The Morgan fingerprint density at radius 2 is 1.97 bits per heavy atom. The van der Waals surface area contributed by atoms with Gasteiger partial charge in [-0.05, 0) is 75.1 Å². The van der Waals surface area contributed by atoms with Crippen molar-refractivity contribution < 1.29 is 14.3 Å². The number of carbonyl (C=O) groups is 1. The molecule has 0 bridgehead atoms. The van der Waals surface area contributed by atoms with Crippen LogP contribution in [0.5, 0.6) is 0 Å². The van der Waals surface area contributed by atoms with Crippen molar-refractivity contribution in [3.63, 3.8) is 0 Å². The molecule has 5 rings (SSSR count). The molecule has 6 heteroatoms. The molecule has 1 aromatic heterocycles. The summed E-state index contributed by atoms with van der Waals surface area (Å²) in [5, 5.41) is 3.50. The summed E-state index contributed by atoms with van der Waals surface area (Å²) < 4.78 is 11.4. The van der Waals surface area contributed by atoms with E-state index in [2.05, 4.69) is 34.6 Å². The van der Waals surface area contributed by atoms with Crippen molar-refractivity contribution in [2.75, 3.05) is 30.0 Å². The number of aromatic nitrogens is 1. The predicted octanol–water partition coefficient (Wildman–Crippen LogP) is 5.16. The lowest BCUT2D eigenvalue weighted by molar-refractivity contribution is -0.124. The minimum absolute atomic E-state index is 0.0458. The molecule has 2 fully saturated rings. The molecular formula is C26H33N3O3. The maximum atomic E-state index is 13.8. The van der Waals surface area contributed by atoms with Crippen LogP contribution in [0.25, 0.3) is 0 Å². The van der Waals surface area contributed by atoms with Crippen molar-refractivity contribution in [1.29, 1.82) is 0 Å². The highest BCUT2D eigenvalue weighted by Gasteiger charge is 2.33. The van der Waals surface area contributed by atoms with Gasteiger partial charge in [-0.15, -0.1) is 0 Å². The molecule has 0 unspecified atom stereocenters. The number of amides is 1. The Morgan fingerprint density at radius 3 is 2.75 bits per heavy atom. The highest BCUT2D eigenvalue weighted by atomic mass is 16.5. The monoisotopic (exact) mass is 435 g/mol. The van der Waals surface area contributed by atoms with Crippen LogP contribution in [0.15, 0.2) is 36.5 Å². The second kappa shape index (κ2) is 9.59. The van der Waals surface area contributed by atoms with E-state index in [0.717, 1.165) is 81.1 Å². The van der Waals surface area contributed by atoms with Crippen molar-refractivity contribution in [3.8, 4) is 0 Å². The number of hydrogen-bond acceptors (Lipinski definition) is 5. The van der Waals surface area contributed by atoms with Gasteiger partial charge in [-0.1, -0.05) is 12.1 Å². The Morgan fingerprint density at radius 1 is 1.16 bits per heavy atom. The average Bonchev–Trinajstić information content (AvgIpc) is 3.01. The average molecular weight is 436 g/mol. The number of rotatable bonds is 4. The summed E-state index contributed by atoms with van der Waals surface area (Å²) in [6.07, 6.45) is 7.87. The second-order valence-corrected chi connectivity index (χ2v) is 9.15. The number of pyridine rings is 1. The maximum Gasteiger partial charge on any atom is 0.230 e. The van der Waals surface area contributed by atoms with E-state index in [1.807, 2.05) is 17.9 Å². The summed E-state index contributed by atoms with van der Waals surface area (Å²) >= 11 is 0. The molecule has 6 nitrogen and oxygen atoms in total. The second-order valence-electron chi connectivity index (χ2n) is 9.15. The Bertz CT molecular complexity index is 949. The van der Waals surface area contributed by atoms with Crippen LogP contribution in [-0.2, 0) is 20.8 Å². The molecule has 32 heavy (non-hydrogen) atoms. The largest absolute Gasteiger partial charge is 0.381 e. The van der Waals surface area contributed by atoms with Crippen LogP contribution in [0.1, 0.15) is 62.5 Å². The van der Waals surface area contributed by atoms with Crippen LogP contribution >= 0.6 is 0 Å².